The third kappa shape index (κ3) is 1.78. The van der Waals surface area contributed by atoms with E-state index < -0.39 is 0 Å². The summed E-state index contributed by atoms with van der Waals surface area (Å²) in [5.74, 6) is 0. The maximum absolute atomic E-state index is 4.21. The predicted molar refractivity (Wildman–Crippen MR) is 70.8 cm³/mol. The topological polar surface area (TPSA) is 3.24 Å². The highest BCUT2D eigenvalue weighted by molar-refractivity contribution is 5.77. The molecule has 1 heterocycles. The highest BCUT2D eigenvalue weighted by Gasteiger charge is 2.24. The normalized spacial score (nSPS) is 15.2. The summed E-state index contributed by atoms with van der Waals surface area (Å²) in [7, 11) is 0. The Balaban J connectivity index is 2.48. The second-order valence-corrected chi connectivity index (χ2v) is 5.39. The van der Waals surface area contributed by atoms with Gasteiger partial charge in [-0.3, -0.25) is 0 Å². The Bertz CT molecular complexity index is 461. The van der Waals surface area contributed by atoms with Gasteiger partial charge < -0.3 is 4.90 Å². The second kappa shape index (κ2) is 3.51. The number of hydrogen-bond acceptors (Lipinski definition) is 1. The molecule has 0 unspecified atom stereocenters. The van der Waals surface area contributed by atoms with Gasteiger partial charge in [0.15, 0.2) is 0 Å². The largest absolute Gasteiger partial charge is 0.343 e. The van der Waals surface area contributed by atoms with E-state index in [2.05, 4.69) is 69.6 Å². The second-order valence-electron chi connectivity index (χ2n) is 5.39. The molecule has 0 aliphatic carbocycles. The van der Waals surface area contributed by atoms with Crippen LogP contribution in [0.25, 0.3) is 11.8 Å². The summed E-state index contributed by atoms with van der Waals surface area (Å²) in [5.41, 5.74) is 4.97. The van der Waals surface area contributed by atoms with Crippen molar-refractivity contribution in [1.82, 2.24) is 4.90 Å². The fraction of sp³-hybridized carbons (Fsp3) is 0.333. The SMILES string of the molecule is C=C1c2ccc(C)cc2C=CN1C(C)(C)C. The van der Waals surface area contributed by atoms with Gasteiger partial charge in [-0.25, -0.2) is 0 Å². The lowest BCUT2D eigenvalue weighted by molar-refractivity contribution is 0.297. The molecule has 0 spiro atoms. The van der Waals surface area contributed by atoms with Crippen LogP contribution in [-0.2, 0) is 0 Å². The fourth-order valence-electron chi connectivity index (χ4n) is 2.09. The van der Waals surface area contributed by atoms with Crippen LogP contribution in [0.1, 0.15) is 37.5 Å². The molecule has 0 aromatic heterocycles. The summed E-state index contributed by atoms with van der Waals surface area (Å²) < 4.78 is 0. The zero-order chi connectivity index (χ0) is 11.9. The molecule has 1 aromatic rings. The molecule has 16 heavy (non-hydrogen) atoms. The summed E-state index contributed by atoms with van der Waals surface area (Å²) in [6.07, 6.45) is 4.30. The Morgan fingerprint density at radius 2 is 1.88 bits per heavy atom. The molecule has 1 aromatic carbocycles. The van der Waals surface area contributed by atoms with Gasteiger partial charge in [-0.2, -0.15) is 0 Å². The first-order chi connectivity index (χ1) is 7.39. The number of hydrogen-bond donors (Lipinski definition) is 0. The van der Waals surface area contributed by atoms with Gasteiger partial charge in [-0.15, -0.1) is 0 Å². The van der Waals surface area contributed by atoms with Crippen LogP contribution in [0.2, 0.25) is 0 Å². The van der Waals surface area contributed by atoms with E-state index in [-0.39, 0.29) is 5.54 Å². The lowest BCUT2D eigenvalue weighted by Gasteiger charge is -2.38. The van der Waals surface area contributed by atoms with Crippen LogP contribution in [0.15, 0.2) is 31.0 Å². The molecule has 1 aliphatic heterocycles. The minimum absolute atomic E-state index is 0.0795. The van der Waals surface area contributed by atoms with Crippen LogP contribution in [0.3, 0.4) is 0 Å². The van der Waals surface area contributed by atoms with Crippen molar-refractivity contribution in [2.75, 3.05) is 0 Å². The lowest BCUT2D eigenvalue weighted by Crippen LogP contribution is -2.36. The molecule has 2 rings (SSSR count). The molecular formula is C15H19N. The van der Waals surface area contributed by atoms with Gasteiger partial charge in [0.05, 0.1) is 0 Å². The Labute approximate surface area is 98.1 Å². The van der Waals surface area contributed by atoms with Crippen molar-refractivity contribution in [1.29, 1.82) is 0 Å². The maximum atomic E-state index is 4.21. The first-order valence-electron chi connectivity index (χ1n) is 5.67. The average Bonchev–Trinajstić information content (AvgIpc) is 2.15. The summed E-state index contributed by atoms with van der Waals surface area (Å²) in [4.78, 5) is 2.23. The van der Waals surface area contributed by atoms with Gasteiger partial charge in [0, 0.05) is 23.0 Å². The molecule has 0 saturated carbocycles. The van der Waals surface area contributed by atoms with Crippen molar-refractivity contribution < 1.29 is 0 Å². The number of rotatable bonds is 0. The molecule has 0 saturated heterocycles. The number of nitrogens with zero attached hydrogens (tertiary/aromatic N) is 1. The third-order valence-corrected chi connectivity index (χ3v) is 2.93. The lowest BCUT2D eigenvalue weighted by atomic mass is 9.95. The number of benzene rings is 1. The summed E-state index contributed by atoms with van der Waals surface area (Å²) in [5, 5.41) is 0. The van der Waals surface area contributed by atoms with Crippen LogP contribution in [-0.4, -0.2) is 10.4 Å². The van der Waals surface area contributed by atoms with Crippen LogP contribution in [0.4, 0.5) is 0 Å². The van der Waals surface area contributed by atoms with Gasteiger partial charge in [-0.05, 0) is 39.3 Å². The Kier molecular flexibility index (Phi) is 2.42. The van der Waals surface area contributed by atoms with Crippen LogP contribution in [0.5, 0.6) is 0 Å². The first-order valence-corrected chi connectivity index (χ1v) is 5.67. The zero-order valence-corrected chi connectivity index (χ0v) is 10.5. The Morgan fingerprint density at radius 3 is 2.50 bits per heavy atom. The molecule has 1 aliphatic rings. The highest BCUT2D eigenvalue weighted by Crippen LogP contribution is 2.33. The van der Waals surface area contributed by atoms with E-state index in [1.165, 1.54) is 16.7 Å². The monoisotopic (exact) mass is 213 g/mol. The molecule has 84 valence electrons. The van der Waals surface area contributed by atoms with Gasteiger partial charge in [0.25, 0.3) is 0 Å². The van der Waals surface area contributed by atoms with E-state index >= 15 is 0 Å². The molecular weight excluding hydrogens is 194 g/mol. The maximum Gasteiger partial charge on any atom is 0.0417 e. The van der Waals surface area contributed by atoms with E-state index in [1.807, 2.05) is 0 Å². The molecule has 0 atom stereocenters. The number of aryl methyl sites for hydroxylation is 1. The van der Waals surface area contributed by atoms with E-state index in [0.29, 0.717) is 0 Å². The summed E-state index contributed by atoms with van der Waals surface area (Å²) in [6, 6.07) is 6.51. The van der Waals surface area contributed by atoms with Crippen molar-refractivity contribution >= 4 is 11.8 Å². The van der Waals surface area contributed by atoms with Crippen molar-refractivity contribution in [2.45, 2.75) is 33.2 Å². The van der Waals surface area contributed by atoms with Crippen LogP contribution in [0, 0.1) is 6.92 Å². The molecule has 0 amide bonds. The van der Waals surface area contributed by atoms with Crippen LogP contribution >= 0.6 is 0 Å². The highest BCUT2D eigenvalue weighted by atomic mass is 15.2. The molecule has 1 nitrogen and oxygen atoms in total. The minimum Gasteiger partial charge on any atom is -0.343 e. The van der Waals surface area contributed by atoms with Gasteiger partial charge in [0.2, 0.25) is 0 Å². The Morgan fingerprint density at radius 1 is 1.19 bits per heavy atom. The number of fused-ring (bicyclic) bond motifs is 1. The van der Waals surface area contributed by atoms with Crippen molar-refractivity contribution in [3.05, 3.63) is 47.7 Å². The quantitative estimate of drug-likeness (QED) is 0.628. The molecule has 1 heteroatoms. The average molecular weight is 213 g/mol. The van der Waals surface area contributed by atoms with E-state index in [0.717, 1.165) is 5.70 Å². The van der Waals surface area contributed by atoms with Crippen molar-refractivity contribution in [3.8, 4) is 0 Å². The smallest absolute Gasteiger partial charge is 0.0417 e. The third-order valence-electron chi connectivity index (χ3n) is 2.93. The van der Waals surface area contributed by atoms with E-state index in [1.54, 1.807) is 0 Å². The summed E-state index contributed by atoms with van der Waals surface area (Å²) in [6.45, 7) is 12.9. The molecule has 0 N–H and O–H groups in total. The standard InChI is InChI=1S/C15H19N/c1-11-6-7-14-12(2)16(15(3,4)5)9-8-13(14)10-11/h6-10H,2H2,1,3-5H3. The molecule has 0 radical (unpaired) electrons. The molecule has 0 bridgehead atoms. The van der Waals surface area contributed by atoms with Gasteiger partial charge in [-0.1, -0.05) is 30.3 Å². The van der Waals surface area contributed by atoms with Crippen molar-refractivity contribution in [3.63, 3.8) is 0 Å². The Hall–Kier alpha value is -1.50. The van der Waals surface area contributed by atoms with Crippen LogP contribution < -0.4 is 0 Å². The minimum atomic E-state index is 0.0795. The summed E-state index contributed by atoms with van der Waals surface area (Å²) >= 11 is 0. The first kappa shape index (κ1) is 11.0. The van der Waals surface area contributed by atoms with E-state index in [9.17, 15) is 0 Å². The molecule has 0 fully saturated rings. The fourth-order valence-corrected chi connectivity index (χ4v) is 2.09. The zero-order valence-electron chi connectivity index (χ0n) is 10.5. The van der Waals surface area contributed by atoms with Gasteiger partial charge >= 0.3 is 0 Å². The van der Waals surface area contributed by atoms with E-state index in [4.69, 9.17) is 0 Å². The van der Waals surface area contributed by atoms with Gasteiger partial charge in [0.1, 0.15) is 0 Å². The van der Waals surface area contributed by atoms with Crippen molar-refractivity contribution in [2.24, 2.45) is 0 Å². The predicted octanol–water partition coefficient (Wildman–Crippen LogP) is 4.05.